The van der Waals surface area contributed by atoms with Crippen LogP contribution in [-0.2, 0) is 28.6 Å². The van der Waals surface area contributed by atoms with E-state index in [-0.39, 0.29) is 31.1 Å². The molecule has 0 aromatic rings. The van der Waals surface area contributed by atoms with E-state index in [4.69, 9.17) is 14.2 Å². The number of ether oxygens (including phenoxy) is 3. The molecule has 0 bridgehead atoms. The van der Waals surface area contributed by atoms with Gasteiger partial charge in [-0.15, -0.1) is 0 Å². The Hall–Kier alpha value is -3.93. The lowest BCUT2D eigenvalue weighted by Crippen LogP contribution is -2.30. The largest absolute Gasteiger partial charge is 0.462 e. The van der Waals surface area contributed by atoms with Gasteiger partial charge in [0.25, 0.3) is 0 Å². The smallest absolute Gasteiger partial charge is 0.306 e. The second kappa shape index (κ2) is 68.6. The fourth-order valence-corrected chi connectivity index (χ4v) is 9.63. The lowest BCUT2D eigenvalue weighted by atomic mass is 10.1. The van der Waals surface area contributed by atoms with Gasteiger partial charge in [-0.2, -0.15) is 0 Å². The van der Waals surface area contributed by atoms with E-state index in [9.17, 15) is 14.4 Å². The van der Waals surface area contributed by atoms with Gasteiger partial charge in [0.15, 0.2) is 6.10 Å². The first-order valence-corrected chi connectivity index (χ1v) is 34.4. The van der Waals surface area contributed by atoms with Crippen molar-refractivity contribution in [2.75, 3.05) is 13.2 Å². The molecule has 0 saturated heterocycles. The molecular weight excluding hydrogens is 997 g/mol. The predicted octanol–water partition coefficient (Wildman–Crippen LogP) is 23.8. The van der Waals surface area contributed by atoms with Crippen LogP contribution in [0.4, 0.5) is 0 Å². The topological polar surface area (TPSA) is 78.9 Å². The van der Waals surface area contributed by atoms with Crippen LogP contribution < -0.4 is 0 Å². The van der Waals surface area contributed by atoms with E-state index in [1.807, 2.05) is 0 Å². The van der Waals surface area contributed by atoms with Gasteiger partial charge < -0.3 is 14.2 Å². The zero-order valence-corrected chi connectivity index (χ0v) is 53.3. The summed E-state index contributed by atoms with van der Waals surface area (Å²) in [6.07, 6.45) is 94.0. The number of esters is 3. The summed E-state index contributed by atoms with van der Waals surface area (Å²) in [4.78, 5) is 38.3. The molecule has 0 aliphatic heterocycles. The number of rotatable bonds is 62. The fourth-order valence-electron chi connectivity index (χ4n) is 9.63. The Labute approximate surface area is 501 Å². The minimum Gasteiger partial charge on any atom is -0.462 e. The molecule has 0 amide bonds. The third-order valence-electron chi connectivity index (χ3n) is 14.8. The number of allylic oxidation sites excluding steroid dienone is 18. The van der Waals surface area contributed by atoms with E-state index in [1.54, 1.807) is 0 Å². The van der Waals surface area contributed by atoms with Crippen molar-refractivity contribution < 1.29 is 28.6 Å². The summed E-state index contributed by atoms with van der Waals surface area (Å²) in [5.41, 5.74) is 0. The summed E-state index contributed by atoms with van der Waals surface area (Å²) in [7, 11) is 0. The van der Waals surface area contributed by atoms with Crippen molar-refractivity contribution in [2.45, 2.75) is 335 Å². The molecule has 0 aromatic heterocycles. The zero-order valence-electron chi connectivity index (χ0n) is 53.3. The maximum absolute atomic E-state index is 12.9. The average Bonchev–Trinajstić information content (AvgIpc) is 3.47. The molecule has 0 N–H and O–H groups in total. The molecule has 81 heavy (non-hydrogen) atoms. The highest BCUT2D eigenvalue weighted by atomic mass is 16.6. The van der Waals surface area contributed by atoms with Crippen molar-refractivity contribution in [2.24, 2.45) is 0 Å². The number of hydrogen-bond acceptors (Lipinski definition) is 6. The minimum atomic E-state index is -0.782. The summed E-state index contributed by atoms with van der Waals surface area (Å²) in [6, 6.07) is 0. The molecule has 0 fully saturated rings. The Bertz CT molecular complexity index is 1620. The maximum atomic E-state index is 12.9. The standard InChI is InChI=1S/C75H128O6/c1-4-7-10-13-16-19-21-23-25-27-29-31-32-33-34-35-36-37-38-39-40-41-42-44-45-47-49-51-53-56-59-62-65-68-74(77)80-71-72(70-79-73(76)67-64-61-58-55-18-15-12-9-6-3)81-75(78)69-66-63-60-57-54-52-50-48-46-43-30-28-26-24-22-20-17-14-11-8-5-2/h7,10,16,19,23,25,28-31,33-34,36-37,39-40,42,44,72H,4-6,8-9,11-15,17-18,20-22,24,26-27,32,35,38,41,43,45-71H2,1-3H3/b10-7-,19-16-,25-23-,30-28-,31-29-,34-33-,37-36-,40-39-,44-42-. The van der Waals surface area contributed by atoms with Crippen LogP contribution in [0, 0.1) is 0 Å². The van der Waals surface area contributed by atoms with E-state index >= 15 is 0 Å². The molecule has 1 unspecified atom stereocenters. The molecule has 0 heterocycles. The van der Waals surface area contributed by atoms with Crippen LogP contribution in [0.1, 0.15) is 329 Å². The van der Waals surface area contributed by atoms with Gasteiger partial charge in [-0.25, -0.2) is 0 Å². The van der Waals surface area contributed by atoms with E-state index in [2.05, 4.69) is 130 Å². The van der Waals surface area contributed by atoms with E-state index < -0.39 is 6.10 Å². The molecule has 0 radical (unpaired) electrons. The van der Waals surface area contributed by atoms with Gasteiger partial charge in [-0.3, -0.25) is 14.4 Å². The van der Waals surface area contributed by atoms with Gasteiger partial charge >= 0.3 is 17.9 Å². The van der Waals surface area contributed by atoms with Gasteiger partial charge in [0.2, 0.25) is 0 Å². The molecule has 6 nitrogen and oxygen atoms in total. The van der Waals surface area contributed by atoms with Crippen LogP contribution in [0.3, 0.4) is 0 Å². The second-order valence-electron chi connectivity index (χ2n) is 22.7. The van der Waals surface area contributed by atoms with Crippen molar-refractivity contribution in [3.8, 4) is 0 Å². The number of unbranched alkanes of at least 4 members (excludes halogenated alkanes) is 33. The van der Waals surface area contributed by atoms with Crippen molar-refractivity contribution in [3.05, 3.63) is 109 Å². The molecule has 0 saturated carbocycles. The first kappa shape index (κ1) is 77.1. The summed E-state index contributed by atoms with van der Waals surface area (Å²) in [6.45, 7) is 6.53. The Morgan fingerprint density at radius 1 is 0.259 bits per heavy atom. The van der Waals surface area contributed by atoms with Gasteiger partial charge in [0.05, 0.1) is 0 Å². The average molecular weight is 1130 g/mol. The zero-order chi connectivity index (χ0) is 58.5. The molecule has 6 heteroatoms. The molecular formula is C75H128O6. The van der Waals surface area contributed by atoms with Crippen molar-refractivity contribution in [1.29, 1.82) is 0 Å². The Morgan fingerprint density at radius 2 is 0.481 bits per heavy atom. The monoisotopic (exact) mass is 1120 g/mol. The van der Waals surface area contributed by atoms with Crippen LogP contribution in [0.25, 0.3) is 0 Å². The lowest BCUT2D eigenvalue weighted by Gasteiger charge is -2.18. The summed E-state index contributed by atoms with van der Waals surface area (Å²) in [5.74, 6) is -0.881. The number of carbonyl (C=O) groups excluding carboxylic acids is 3. The maximum Gasteiger partial charge on any atom is 0.306 e. The first-order valence-electron chi connectivity index (χ1n) is 34.4. The third-order valence-corrected chi connectivity index (χ3v) is 14.8. The number of carbonyl (C=O) groups is 3. The molecule has 0 aliphatic rings. The highest BCUT2D eigenvalue weighted by Gasteiger charge is 2.19. The lowest BCUT2D eigenvalue weighted by molar-refractivity contribution is -0.167. The van der Waals surface area contributed by atoms with Gasteiger partial charge in [-0.05, 0) is 109 Å². The van der Waals surface area contributed by atoms with Gasteiger partial charge in [-0.1, -0.05) is 310 Å². The fraction of sp³-hybridized carbons (Fsp3) is 0.720. The van der Waals surface area contributed by atoms with Crippen LogP contribution >= 0.6 is 0 Å². The Morgan fingerprint density at radius 3 is 0.765 bits per heavy atom. The highest BCUT2D eigenvalue weighted by Crippen LogP contribution is 2.16. The summed E-state index contributed by atoms with van der Waals surface area (Å²) in [5, 5.41) is 0. The normalized spacial score (nSPS) is 12.8. The van der Waals surface area contributed by atoms with Crippen molar-refractivity contribution in [3.63, 3.8) is 0 Å². The SMILES string of the molecule is CC/C=C\C/C=C\C/C=C\C/C=C\C/C=C\C/C=C\C/C=C\C/C=C\CCCCCCCCCCC(=O)OCC(COC(=O)CCCCCCCCCCC)OC(=O)CCCCCCCCCCC/C=C\CCCCCCCCCC. The van der Waals surface area contributed by atoms with Crippen LogP contribution in [0.15, 0.2) is 109 Å². The summed E-state index contributed by atoms with van der Waals surface area (Å²) < 4.78 is 16.9. The van der Waals surface area contributed by atoms with Crippen molar-refractivity contribution >= 4 is 17.9 Å². The van der Waals surface area contributed by atoms with E-state index in [0.29, 0.717) is 19.3 Å². The van der Waals surface area contributed by atoms with Crippen LogP contribution in [0.5, 0.6) is 0 Å². The van der Waals surface area contributed by atoms with E-state index in [1.165, 1.54) is 173 Å². The van der Waals surface area contributed by atoms with Crippen LogP contribution in [-0.4, -0.2) is 37.2 Å². The Balaban J connectivity index is 4.20. The van der Waals surface area contributed by atoms with Gasteiger partial charge in [0, 0.05) is 19.3 Å². The molecule has 0 rings (SSSR count). The molecule has 1 atom stereocenters. The second-order valence-corrected chi connectivity index (χ2v) is 22.7. The molecule has 0 aromatic carbocycles. The third kappa shape index (κ3) is 66.8. The van der Waals surface area contributed by atoms with E-state index in [0.717, 1.165) is 116 Å². The predicted molar refractivity (Wildman–Crippen MR) is 353 cm³/mol. The summed E-state index contributed by atoms with van der Waals surface area (Å²) >= 11 is 0. The number of hydrogen-bond donors (Lipinski definition) is 0. The highest BCUT2D eigenvalue weighted by molar-refractivity contribution is 5.71. The minimum absolute atomic E-state index is 0.0785. The first-order chi connectivity index (χ1) is 40.0. The quantitative estimate of drug-likeness (QED) is 0.0261. The van der Waals surface area contributed by atoms with Gasteiger partial charge in [0.1, 0.15) is 13.2 Å². The van der Waals surface area contributed by atoms with Crippen molar-refractivity contribution in [1.82, 2.24) is 0 Å². The molecule has 464 valence electrons. The Kier molecular flexibility index (Phi) is 65.2. The molecule has 0 aliphatic carbocycles. The molecule has 0 spiro atoms. The van der Waals surface area contributed by atoms with Crippen LogP contribution in [0.2, 0.25) is 0 Å².